The van der Waals surface area contributed by atoms with Crippen molar-refractivity contribution in [1.82, 2.24) is 4.90 Å². The topological polar surface area (TPSA) is 66.8 Å². The van der Waals surface area contributed by atoms with Gasteiger partial charge in [-0.3, -0.25) is 9.59 Å². The zero-order valence-corrected chi connectivity index (χ0v) is 13.2. The molecule has 21 heavy (non-hydrogen) atoms. The third-order valence-electron chi connectivity index (χ3n) is 3.82. The van der Waals surface area contributed by atoms with Gasteiger partial charge in [0.1, 0.15) is 5.92 Å². The second-order valence-corrected chi connectivity index (χ2v) is 6.09. The minimum atomic E-state index is -0.895. The molecule has 0 aromatic carbocycles. The average Bonchev–Trinajstić information content (AvgIpc) is 3.11. The number of carbonyl (C=O) groups is 2. The Balaban J connectivity index is 2.26. The second kappa shape index (κ2) is 7.04. The normalized spacial score (nSPS) is 21.4. The van der Waals surface area contributed by atoms with Gasteiger partial charge in [-0.1, -0.05) is 13.8 Å². The third kappa shape index (κ3) is 3.27. The van der Waals surface area contributed by atoms with Crippen LogP contribution in [0.25, 0.3) is 0 Å². The van der Waals surface area contributed by atoms with Gasteiger partial charge in [0.25, 0.3) is 5.91 Å². The van der Waals surface area contributed by atoms with Crippen molar-refractivity contribution in [2.75, 3.05) is 19.8 Å². The first-order valence-electron chi connectivity index (χ1n) is 7.28. The fraction of sp³-hybridized carbons (Fsp3) is 0.600. The molecule has 2 atom stereocenters. The van der Waals surface area contributed by atoms with Crippen molar-refractivity contribution in [3.8, 4) is 0 Å². The summed E-state index contributed by atoms with van der Waals surface area (Å²) in [5, 5.41) is 11.2. The molecule has 0 spiro atoms. The highest BCUT2D eigenvalue weighted by molar-refractivity contribution is 7.12. The quantitative estimate of drug-likeness (QED) is 0.875. The van der Waals surface area contributed by atoms with Crippen molar-refractivity contribution < 1.29 is 19.4 Å². The van der Waals surface area contributed by atoms with Gasteiger partial charge >= 0.3 is 5.97 Å². The van der Waals surface area contributed by atoms with Crippen LogP contribution < -0.4 is 0 Å². The van der Waals surface area contributed by atoms with Crippen molar-refractivity contribution in [3.63, 3.8) is 0 Å². The summed E-state index contributed by atoms with van der Waals surface area (Å²) in [7, 11) is 0. The highest BCUT2D eigenvalue weighted by Gasteiger charge is 2.40. The SMILES string of the molecule is CCCN(C(=O)c1sccc1CC)C1COCC1C(=O)O. The number of hydrogen-bond acceptors (Lipinski definition) is 4. The second-order valence-electron chi connectivity index (χ2n) is 5.18. The number of hydrogen-bond donors (Lipinski definition) is 1. The molecule has 1 N–H and O–H groups in total. The van der Waals surface area contributed by atoms with E-state index >= 15 is 0 Å². The van der Waals surface area contributed by atoms with Crippen molar-refractivity contribution in [1.29, 1.82) is 0 Å². The van der Waals surface area contributed by atoms with E-state index in [-0.39, 0.29) is 18.6 Å². The van der Waals surface area contributed by atoms with Crippen molar-refractivity contribution in [3.05, 3.63) is 21.9 Å². The number of carboxylic acid groups (broad SMARTS) is 1. The van der Waals surface area contributed by atoms with Crippen LogP contribution in [-0.4, -0.2) is 47.7 Å². The summed E-state index contributed by atoms with van der Waals surface area (Å²) in [6.07, 6.45) is 1.59. The molecule has 1 aliphatic rings. The maximum atomic E-state index is 12.8. The Morgan fingerprint density at radius 1 is 1.43 bits per heavy atom. The summed E-state index contributed by atoms with van der Waals surface area (Å²) in [6.45, 7) is 5.04. The number of ether oxygens (including phenoxy) is 1. The zero-order chi connectivity index (χ0) is 15.4. The standard InChI is InChI=1S/C15H21NO4S/c1-3-6-16(12-9-20-8-11(12)15(18)19)14(17)13-10(4-2)5-7-21-13/h5,7,11-12H,3-4,6,8-9H2,1-2H3,(H,18,19). The number of aryl methyl sites for hydroxylation is 1. The lowest BCUT2D eigenvalue weighted by atomic mass is 10.0. The molecule has 2 rings (SSSR count). The first kappa shape index (κ1) is 16.0. The van der Waals surface area contributed by atoms with Gasteiger partial charge < -0.3 is 14.7 Å². The first-order valence-corrected chi connectivity index (χ1v) is 8.15. The van der Waals surface area contributed by atoms with E-state index in [0.29, 0.717) is 13.2 Å². The Morgan fingerprint density at radius 3 is 2.81 bits per heavy atom. The summed E-state index contributed by atoms with van der Waals surface area (Å²) in [5.74, 6) is -1.59. The molecule has 116 valence electrons. The summed E-state index contributed by atoms with van der Waals surface area (Å²) in [4.78, 5) is 26.6. The molecular formula is C15H21NO4S. The van der Waals surface area contributed by atoms with Gasteiger partial charge in [-0.25, -0.2) is 0 Å². The lowest BCUT2D eigenvalue weighted by molar-refractivity contribution is -0.142. The van der Waals surface area contributed by atoms with Crippen LogP contribution in [0, 0.1) is 5.92 Å². The summed E-state index contributed by atoms with van der Waals surface area (Å²) in [6, 6.07) is 1.59. The predicted octanol–water partition coefficient (Wildman–Crippen LogP) is 2.26. The lowest BCUT2D eigenvalue weighted by Gasteiger charge is -2.30. The maximum absolute atomic E-state index is 12.8. The molecule has 1 aromatic rings. The molecule has 1 aliphatic heterocycles. The smallest absolute Gasteiger partial charge is 0.311 e. The molecular weight excluding hydrogens is 290 g/mol. The molecule has 0 saturated carbocycles. The van der Waals surface area contributed by atoms with Crippen LogP contribution in [0.3, 0.4) is 0 Å². The molecule has 0 aliphatic carbocycles. The van der Waals surface area contributed by atoms with Gasteiger partial charge in [-0.15, -0.1) is 11.3 Å². The fourth-order valence-electron chi connectivity index (χ4n) is 2.68. The molecule has 6 heteroatoms. The fourth-order valence-corrected chi connectivity index (χ4v) is 3.63. The van der Waals surface area contributed by atoms with E-state index in [4.69, 9.17) is 4.74 Å². The van der Waals surface area contributed by atoms with Crippen LogP contribution in [0.15, 0.2) is 11.4 Å². The number of amides is 1. The highest BCUT2D eigenvalue weighted by atomic mass is 32.1. The Hall–Kier alpha value is -1.40. The van der Waals surface area contributed by atoms with E-state index in [1.165, 1.54) is 11.3 Å². The minimum absolute atomic E-state index is 0.0644. The Morgan fingerprint density at radius 2 is 2.19 bits per heavy atom. The van der Waals surface area contributed by atoms with Gasteiger partial charge in [0.2, 0.25) is 0 Å². The van der Waals surface area contributed by atoms with Crippen LogP contribution in [-0.2, 0) is 16.0 Å². The molecule has 1 fully saturated rings. The summed E-state index contributed by atoms with van der Waals surface area (Å²) in [5.41, 5.74) is 1.02. The van der Waals surface area contributed by atoms with Gasteiger partial charge in [0.05, 0.1) is 24.1 Å². The number of aliphatic carboxylic acids is 1. The number of rotatable bonds is 6. The van der Waals surface area contributed by atoms with Crippen LogP contribution in [0.2, 0.25) is 0 Å². The van der Waals surface area contributed by atoms with Gasteiger partial charge in [0.15, 0.2) is 0 Å². The van der Waals surface area contributed by atoms with E-state index in [9.17, 15) is 14.7 Å². The maximum Gasteiger partial charge on any atom is 0.311 e. The molecule has 1 saturated heterocycles. The van der Waals surface area contributed by atoms with Gasteiger partial charge in [0, 0.05) is 6.54 Å². The lowest BCUT2D eigenvalue weighted by Crippen LogP contribution is -2.47. The predicted molar refractivity (Wildman–Crippen MR) is 80.8 cm³/mol. The van der Waals surface area contributed by atoms with E-state index in [1.54, 1.807) is 4.90 Å². The molecule has 2 heterocycles. The average molecular weight is 311 g/mol. The van der Waals surface area contributed by atoms with E-state index in [1.807, 2.05) is 25.3 Å². The molecule has 2 unspecified atom stereocenters. The Labute approximate surface area is 128 Å². The summed E-state index contributed by atoms with van der Waals surface area (Å²) < 4.78 is 5.31. The van der Waals surface area contributed by atoms with E-state index in [2.05, 4.69) is 0 Å². The van der Waals surface area contributed by atoms with E-state index < -0.39 is 11.9 Å². The van der Waals surface area contributed by atoms with Crippen molar-refractivity contribution >= 4 is 23.2 Å². The van der Waals surface area contributed by atoms with Gasteiger partial charge in [-0.2, -0.15) is 0 Å². The number of thiophene rings is 1. The number of carbonyl (C=O) groups excluding carboxylic acids is 1. The number of carboxylic acids is 1. The molecule has 1 amide bonds. The number of nitrogens with zero attached hydrogens (tertiary/aromatic N) is 1. The van der Waals surface area contributed by atoms with Crippen LogP contribution >= 0.6 is 11.3 Å². The van der Waals surface area contributed by atoms with E-state index in [0.717, 1.165) is 23.3 Å². The Bertz CT molecular complexity index is 514. The zero-order valence-electron chi connectivity index (χ0n) is 12.4. The van der Waals surface area contributed by atoms with Gasteiger partial charge in [-0.05, 0) is 29.9 Å². The molecule has 0 radical (unpaired) electrons. The summed E-state index contributed by atoms with van der Waals surface area (Å²) >= 11 is 1.43. The molecule has 0 bridgehead atoms. The van der Waals surface area contributed by atoms with Crippen molar-refractivity contribution in [2.24, 2.45) is 5.92 Å². The Kier molecular flexibility index (Phi) is 5.36. The minimum Gasteiger partial charge on any atom is -0.481 e. The third-order valence-corrected chi connectivity index (χ3v) is 4.76. The van der Waals surface area contributed by atoms with Crippen LogP contribution in [0.4, 0.5) is 0 Å². The molecule has 5 nitrogen and oxygen atoms in total. The van der Waals surface area contributed by atoms with Crippen LogP contribution in [0.5, 0.6) is 0 Å². The first-order chi connectivity index (χ1) is 10.1. The molecule has 1 aromatic heterocycles. The van der Waals surface area contributed by atoms with Crippen molar-refractivity contribution in [2.45, 2.75) is 32.7 Å². The highest BCUT2D eigenvalue weighted by Crippen LogP contribution is 2.26. The monoisotopic (exact) mass is 311 g/mol. The van der Waals surface area contributed by atoms with Crippen LogP contribution in [0.1, 0.15) is 35.5 Å². The largest absolute Gasteiger partial charge is 0.481 e.